The number of fused-ring (bicyclic) bond motifs is 1. The molecule has 2 aromatic heterocycles. The van der Waals surface area contributed by atoms with Crippen molar-refractivity contribution in [1.29, 1.82) is 0 Å². The number of aryl methyl sites for hydroxylation is 2. The zero-order valence-electron chi connectivity index (χ0n) is 11.0. The molecule has 0 saturated heterocycles. The molecule has 0 spiro atoms. The Bertz CT molecular complexity index is 799. The molecule has 96 valence electrons. The first-order valence-corrected chi connectivity index (χ1v) is 6.77. The molecule has 0 radical (unpaired) electrons. The molecular weight excluding hydrogens is 254 g/mol. The smallest absolute Gasteiger partial charge is 0.183 e. The average Bonchev–Trinajstić information content (AvgIpc) is 2.74. The standard InChI is InChI=1S/C15H15N3S/c1-3-11-5-4-6-12(9-11)18-14-13(17-15(18)19)8-7-10(2)16-14/h4-9H,3H2,1-2H3,(H,17,19). The molecular formula is C15H15N3S. The highest BCUT2D eigenvalue weighted by atomic mass is 32.1. The van der Waals surface area contributed by atoms with Crippen LogP contribution in [0.1, 0.15) is 18.2 Å². The number of imidazole rings is 1. The van der Waals surface area contributed by atoms with Gasteiger partial charge in [0.05, 0.1) is 11.2 Å². The zero-order valence-corrected chi connectivity index (χ0v) is 11.8. The minimum atomic E-state index is 0.682. The normalized spacial score (nSPS) is 11.1. The second-order valence-corrected chi connectivity index (χ2v) is 5.00. The quantitative estimate of drug-likeness (QED) is 0.715. The van der Waals surface area contributed by atoms with Gasteiger partial charge in [0.25, 0.3) is 0 Å². The Labute approximate surface area is 116 Å². The minimum Gasteiger partial charge on any atom is -0.329 e. The predicted octanol–water partition coefficient (Wildman–Crippen LogP) is 3.95. The molecule has 1 N–H and O–H groups in total. The number of benzene rings is 1. The van der Waals surface area contributed by atoms with Gasteiger partial charge < -0.3 is 4.98 Å². The summed E-state index contributed by atoms with van der Waals surface area (Å²) in [5.41, 5.74) is 5.20. The fourth-order valence-electron chi connectivity index (χ4n) is 2.23. The Hall–Kier alpha value is -1.94. The average molecular weight is 269 g/mol. The highest BCUT2D eigenvalue weighted by molar-refractivity contribution is 7.71. The van der Waals surface area contributed by atoms with E-state index in [1.54, 1.807) is 0 Å². The van der Waals surface area contributed by atoms with Crippen LogP contribution < -0.4 is 0 Å². The van der Waals surface area contributed by atoms with Crippen LogP contribution in [0.4, 0.5) is 0 Å². The van der Waals surface area contributed by atoms with E-state index in [0.717, 1.165) is 29.0 Å². The van der Waals surface area contributed by atoms with Crippen LogP contribution in [0.25, 0.3) is 16.9 Å². The van der Waals surface area contributed by atoms with Crippen LogP contribution in [0, 0.1) is 11.7 Å². The van der Waals surface area contributed by atoms with Gasteiger partial charge in [-0.05, 0) is 55.4 Å². The lowest BCUT2D eigenvalue weighted by atomic mass is 10.1. The lowest BCUT2D eigenvalue weighted by Crippen LogP contribution is -1.97. The molecule has 0 amide bonds. The first-order valence-electron chi connectivity index (χ1n) is 6.36. The summed E-state index contributed by atoms with van der Waals surface area (Å²) in [6.45, 7) is 4.14. The molecule has 3 aromatic rings. The van der Waals surface area contributed by atoms with Gasteiger partial charge >= 0.3 is 0 Å². The van der Waals surface area contributed by atoms with Gasteiger partial charge in [0.2, 0.25) is 0 Å². The third-order valence-electron chi connectivity index (χ3n) is 3.25. The zero-order chi connectivity index (χ0) is 13.4. The second-order valence-electron chi connectivity index (χ2n) is 4.61. The van der Waals surface area contributed by atoms with E-state index in [9.17, 15) is 0 Å². The molecule has 3 nitrogen and oxygen atoms in total. The van der Waals surface area contributed by atoms with E-state index in [4.69, 9.17) is 12.2 Å². The number of nitrogens with one attached hydrogen (secondary N) is 1. The molecule has 0 fully saturated rings. The molecule has 3 rings (SSSR count). The van der Waals surface area contributed by atoms with Gasteiger partial charge in [0, 0.05) is 5.69 Å². The van der Waals surface area contributed by atoms with E-state index in [-0.39, 0.29) is 0 Å². The van der Waals surface area contributed by atoms with Crippen LogP contribution in [-0.4, -0.2) is 14.5 Å². The minimum absolute atomic E-state index is 0.682. The van der Waals surface area contributed by atoms with Crippen molar-refractivity contribution in [2.24, 2.45) is 0 Å². The van der Waals surface area contributed by atoms with Gasteiger partial charge in [-0.3, -0.25) is 4.57 Å². The summed E-state index contributed by atoms with van der Waals surface area (Å²) in [6.07, 6.45) is 1.01. The van der Waals surface area contributed by atoms with Crippen LogP contribution in [0.3, 0.4) is 0 Å². The Balaban J connectivity index is 2.32. The maximum Gasteiger partial charge on any atom is 0.183 e. The molecule has 0 bridgehead atoms. The van der Waals surface area contributed by atoms with E-state index in [1.807, 2.05) is 23.6 Å². The van der Waals surface area contributed by atoms with Crippen molar-refractivity contribution in [2.45, 2.75) is 20.3 Å². The van der Waals surface area contributed by atoms with Crippen LogP contribution in [-0.2, 0) is 6.42 Å². The van der Waals surface area contributed by atoms with Crippen molar-refractivity contribution in [2.75, 3.05) is 0 Å². The third kappa shape index (κ3) is 2.08. The highest BCUT2D eigenvalue weighted by Gasteiger charge is 2.08. The molecule has 0 aliphatic rings. The van der Waals surface area contributed by atoms with Gasteiger partial charge in [-0.25, -0.2) is 4.98 Å². The Morgan fingerprint density at radius 2 is 2.11 bits per heavy atom. The largest absolute Gasteiger partial charge is 0.329 e. The fourth-order valence-corrected chi connectivity index (χ4v) is 2.54. The van der Waals surface area contributed by atoms with Gasteiger partial charge in [-0.2, -0.15) is 0 Å². The number of nitrogens with zero attached hydrogens (tertiary/aromatic N) is 2. The monoisotopic (exact) mass is 269 g/mol. The summed E-state index contributed by atoms with van der Waals surface area (Å²) >= 11 is 5.43. The van der Waals surface area contributed by atoms with E-state index in [0.29, 0.717) is 4.77 Å². The van der Waals surface area contributed by atoms with Crippen LogP contribution in [0.2, 0.25) is 0 Å². The maximum atomic E-state index is 5.43. The molecule has 4 heteroatoms. The SMILES string of the molecule is CCc1cccc(-n2c(=S)[nH]c3ccc(C)nc32)c1. The number of aromatic amines is 1. The Kier molecular flexibility index (Phi) is 2.95. The third-order valence-corrected chi connectivity index (χ3v) is 3.53. The number of aromatic nitrogens is 3. The summed E-state index contributed by atoms with van der Waals surface area (Å²) in [5, 5.41) is 0. The van der Waals surface area contributed by atoms with Crippen LogP contribution in [0.15, 0.2) is 36.4 Å². The molecule has 0 saturated carbocycles. The summed E-state index contributed by atoms with van der Waals surface area (Å²) in [7, 11) is 0. The molecule has 1 aromatic carbocycles. The van der Waals surface area contributed by atoms with Gasteiger partial charge in [-0.15, -0.1) is 0 Å². The number of H-pyrrole nitrogens is 1. The fraction of sp³-hybridized carbons (Fsp3) is 0.200. The lowest BCUT2D eigenvalue weighted by Gasteiger charge is -2.06. The van der Waals surface area contributed by atoms with E-state index < -0.39 is 0 Å². The van der Waals surface area contributed by atoms with Crippen molar-refractivity contribution >= 4 is 23.4 Å². The van der Waals surface area contributed by atoms with Crippen molar-refractivity contribution in [3.63, 3.8) is 0 Å². The molecule has 19 heavy (non-hydrogen) atoms. The maximum absolute atomic E-state index is 5.43. The molecule has 0 atom stereocenters. The molecule has 0 aliphatic heterocycles. The van der Waals surface area contributed by atoms with E-state index in [1.165, 1.54) is 5.56 Å². The Morgan fingerprint density at radius 3 is 2.89 bits per heavy atom. The molecule has 0 unspecified atom stereocenters. The predicted molar refractivity (Wildman–Crippen MR) is 80.4 cm³/mol. The summed E-state index contributed by atoms with van der Waals surface area (Å²) in [5.74, 6) is 0. The number of pyridine rings is 1. The van der Waals surface area contributed by atoms with E-state index >= 15 is 0 Å². The lowest BCUT2D eigenvalue weighted by molar-refractivity contribution is 1.02. The highest BCUT2D eigenvalue weighted by Crippen LogP contribution is 2.19. The number of hydrogen-bond acceptors (Lipinski definition) is 2. The van der Waals surface area contributed by atoms with Crippen molar-refractivity contribution in [3.8, 4) is 5.69 Å². The van der Waals surface area contributed by atoms with Gasteiger partial charge in [0.1, 0.15) is 0 Å². The van der Waals surface area contributed by atoms with Gasteiger partial charge in [0.15, 0.2) is 10.4 Å². The van der Waals surface area contributed by atoms with Crippen molar-refractivity contribution < 1.29 is 0 Å². The second kappa shape index (κ2) is 4.63. The summed E-state index contributed by atoms with van der Waals surface area (Å²) in [6, 6.07) is 12.4. The molecule has 2 heterocycles. The number of hydrogen-bond donors (Lipinski definition) is 1. The first kappa shape index (κ1) is 12.1. The Morgan fingerprint density at radius 1 is 1.26 bits per heavy atom. The van der Waals surface area contributed by atoms with Crippen molar-refractivity contribution in [3.05, 3.63) is 52.4 Å². The number of rotatable bonds is 2. The summed E-state index contributed by atoms with van der Waals surface area (Å²) < 4.78 is 2.68. The summed E-state index contributed by atoms with van der Waals surface area (Å²) in [4.78, 5) is 7.80. The van der Waals surface area contributed by atoms with Crippen LogP contribution >= 0.6 is 12.2 Å². The van der Waals surface area contributed by atoms with Crippen molar-refractivity contribution in [1.82, 2.24) is 14.5 Å². The van der Waals surface area contributed by atoms with E-state index in [2.05, 4.69) is 41.2 Å². The topological polar surface area (TPSA) is 33.6 Å². The molecule has 0 aliphatic carbocycles. The van der Waals surface area contributed by atoms with Gasteiger partial charge in [-0.1, -0.05) is 19.1 Å². The first-order chi connectivity index (χ1) is 9.19. The van der Waals surface area contributed by atoms with Crippen LogP contribution in [0.5, 0.6) is 0 Å².